The monoisotopic (exact) mass is 532 g/mol. The summed E-state index contributed by atoms with van der Waals surface area (Å²) in [5, 5.41) is 0. The predicted octanol–water partition coefficient (Wildman–Crippen LogP) is 7.41. The highest BCUT2D eigenvalue weighted by molar-refractivity contribution is 5.69. The molecule has 8 heteroatoms. The van der Waals surface area contributed by atoms with Crippen LogP contribution in [0.3, 0.4) is 0 Å². The lowest BCUT2D eigenvalue weighted by atomic mass is 10.1. The quantitative estimate of drug-likeness (QED) is 0.0646. The van der Waals surface area contributed by atoms with Gasteiger partial charge in [0, 0.05) is 38.9 Å². The molecule has 0 aliphatic rings. The molecule has 0 N–H and O–H groups in total. The minimum atomic E-state index is -0.557. The molecule has 8 nitrogen and oxygen atoms in total. The maximum absolute atomic E-state index is 12.3. The third kappa shape index (κ3) is 20.4. The van der Waals surface area contributed by atoms with Crippen LogP contribution >= 0.6 is 0 Å². The number of rotatable bonds is 26. The molecule has 0 saturated heterocycles. The normalized spacial score (nSPS) is 14.6. The molecule has 0 aromatic heterocycles. The van der Waals surface area contributed by atoms with Gasteiger partial charge in [-0.3, -0.25) is 9.59 Å². The summed E-state index contributed by atoms with van der Waals surface area (Å²) in [6.45, 7) is 13.2. The third-order valence-electron chi connectivity index (χ3n) is 5.70. The molecule has 0 fully saturated rings. The zero-order chi connectivity index (χ0) is 27.7. The maximum Gasteiger partial charge on any atom is 0.308 e. The largest absolute Gasteiger partial charge is 0.436 e. The Hall–Kier alpha value is -1.22. The predicted molar refractivity (Wildman–Crippen MR) is 145 cm³/mol. The van der Waals surface area contributed by atoms with E-state index < -0.39 is 12.6 Å². The minimum absolute atomic E-state index is 0.232. The van der Waals surface area contributed by atoms with Crippen molar-refractivity contribution < 1.29 is 38.0 Å². The lowest BCUT2D eigenvalue weighted by molar-refractivity contribution is -0.244. The Morgan fingerprint density at radius 1 is 0.486 bits per heavy atom. The average molecular weight is 533 g/mol. The van der Waals surface area contributed by atoms with E-state index >= 15 is 0 Å². The second-order valence-electron chi connectivity index (χ2n) is 9.30. The highest BCUT2D eigenvalue weighted by atomic mass is 16.8. The van der Waals surface area contributed by atoms with Gasteiger partial charge in [-0.25, -0.2) is 0 Å². The smallest absolute Gasteiger partial charge is 0.308 e. The topological polar surface area (TPSA) is 89.5 Å². The zero-order valence-electron chi connectivity index (χ0n) is 24.6. The average Bonchev–Trinajstić information content (AvgIpc) is 2.84. The van der Waals surface area contributed by atoms with Gasteiger partial charge in [0.15, 0.2) is 12.6 Å². The number of esters is 2. The molecule has 0 saturated carbocycles. The summed E-state index contributed by atoms with van der Waals surface area (Å²) in [5.74, 6) is -0.464. The molecular weight excluding hydrogens is 476 g/mol. The molecular formula is C29H56O8. The van der Waals surface area contributed by atoms with E-state index in [1.165, 1.54) is 0 Å². The SMILES string of the molecule is CCCC(OCC)OC(CCC)OC(=O)CCCCCCCC(=O)OC(CCC)OC(CCC)OCC. The second-order valence-corrected chi connectivity index (χ2v) is 9.30. The molecule has 4 unspecified atom stereocenters. The molecule has 0 heterocycles. The number of hydrogen-bond donors (Lipinski definition) is 0. The van der Waals surface area contributed by atoms with Crippen LogP contribution in [0.2, 0.25) is 0 Å². The van der Waals surface area contributed by atoms with Gasteiger partial charge in [-0.05, 0) is 39.5 Å². The molecule has 0 aromatic carbocycles. The first-order chi connectivity index (χ1) is 17.9. The minimum Gasteiger partial charge on any atom is -0.436 e. The fourth-order valence-electron chi connectivity index (χ4n) is 3.82. The molecule has 4 atom stereocenters. The number of hydrogen-bond acceptors (Lipinski definition) is 8. The number of carbonyl (C=O) groups excluding carboxylic acids is 2. The van der Waals surface area contributed by atoms with Gasteiger partial charge in [-0.2, -0.15) is 0 Å². The number of carbonyl (C=O) groups is 2. The van der Waals surface area contributed by atoms with Crippen molar-refractivity contribution in [3.63, 3.8) is 0 Å². The molecule has 0 amide bonds. The van der Waals surface area contributed by atoms with Crippen molar-refractivity contribution >= 4 is 11.9 Å². The Bertz CT molecular complexity index is 484. The molecule has 0 radical (unpaired) electrons. The van der Waals surface area contributed by atoms with E-state index in [1.807, 2.05) is 27.7 Å². The zero-order valence-corrected chi connectivity index (χ0v) is 24.6. The Labute approximate surface area is 226 Å². The Morgan fingerprint density at radius 2 is 0.811 bits per heavy atom. The summed E-state index contributed by atoms with van der Waals surface area (Å²) >= 11 is 0. The molecule has 0 rings (SSSR count). The van der Waals surface area contributed by atoms with Crippen LogP contribution in [0, 0.1) is 0 Å². The van der Waals surface area contributed by atoms with Crippen molar-refractivity contribution in [2.24, 2.45) is 0 Å². The van der Waals surface area contributed by atoms with Crippen molar-refractivity contribution in [3.05, 3.63) is 0 Å². The van der Waals surface area contributed by atoms with Crippen LogP contribution in [0.5, 0.6) is 0 Å². The Balaban J connectivity index is 4.17. The van der Waals surface area contributed by atoms with Crippen molar-refractivity contribution in [1.29, 1.82) is 0 Å². The molecule has 0 aromatic rings. The highest BCUT2D eigenvalue weighted by Crippen LogP contribution is 2.16. The Kier molecular flexibility index (Phi) is 24.3. The van der Waals surface area contributed by atoms with Gasteiger partial charge < -0.3 is 28.4 Å². The fourth-order valence-corrected chi connectivity index (χ4v) is 3.82. The van der Waals surface area contributed by atoms with Crippen LogP contribution < -0.4 is 0 Å². The molecule has 220 valence electrons. The summed E-state index contributed by atoms with van der Waals surface area (Å²) in [7, 11) is 0. The van der Waals surface area contributed by atoms with Gasteiger partial charge in [0.2, 0.25) is 12.6 Å². The van der Waals surface area contributed by atoms with E-state index in [1.54, 1.807) is 0 Å². The van der Waals surface area contributed by atoms with Crippen LogP contribution in [0.1, 0.15) is 138 Å². The van der Waals surface area contributed by atoms with Gasteiger partial charge in [0.1, 0.15) is 0 Å². The third-order valence-corrected chi connectivity index (χ3v) is 5.70. The second kappa shape index (κ2) is 25.1. The Morgan fingerprint density at radius 3 is 1.14 bits per heavy atom. The van der Waals surface area contributed by atoms with Crippen LogP contribution in [0.25, 0.3) is 0 Å². The van der Waals surface area contributed by atoms with E-state index in [4.69, 9.17) is 28.4 Å². The fraction of sp³-hybridized carbons (Fsp3) is 0.931. The first kappa shape index (κ1) is 35.8. The van der Waals surface area contributed by atoms with Crippen LogP contribution in [-0.2, 0) is 38.0 Å². The summed E-state index contributed by atoms with van der Waals surface area (Å²) < 4.78 is 34.1. The van der Waals surface area contributed by atoms with E-state index in [-0.39, 0.29) is 24.5 Å². The highest BCUT2D eigenvalue weighted by Gasteiger charge is 2.21. The van der Waals surface area contributed by atoms with Crippen molar-refractivity contribution in [2.75, 3.05) is 13.2 Å². The summed E-state index contributed by atoms with van der Waals surface area (Å²) in [6.07, 6.45) is 9.72. The van der Waals surface area contributed by atoms with E-state index in [9.17, 15) is 9.59 Å². The molecule has 0 bridgehead atoms. The van der Waals surface area contributed by atoms with Crippen LogP contribution in [0.4, 0.5) is 0 Å². The first-order valence-corrected chi connectivity index (χ1v) is 14.9. The van der Waals surface area contributed by atoms with E-state index in [0.29, 0.717) is 38.9 Å². The maximum atomic E-state index is 12.3. The van der Waals surface area contributed by atoms with E-state index in [0.717, 1.165) is 70.6 Å². The van der Waals surface area contributed by atoms with Crippen LogP contribution in [0.15, 0.2) is 0 Å². The van der Waals surface area contributed by atoms with Crippen LogP contribution in [-0.4, -0.2) is 50.3 Å². The molecule has 0 aliphatic carbocycles. The van der Waals surface area contributed by atoms with Gasteiger partial charge in [0.25, 0.3) is 0 Å². The lowest BCUT2D eigenvalue weighted by Gasteiger charge is -2.24. The van der Waals surface area contributed by atoms with Gasteiger partial charge in [-0.1, -0.05) is 72.6 Å². The van der Waals surface area contributed by atoms with Crippen molar-refractivity contribution in [2.45, 2.75) is 163 Å². The summed E-state index contributed by atoms with van der Waals surface area (Å²) in [5.41, 5.74) is 0. The number of ether oxygens (including phenoxy) is 6. The van der Waals surface area contributed by atoms with Crippen molar-refractivity contribution in [1.82, 2.24) is 0 Å². The lowest BCUT2D eigenvalue weighted by Crippen LogP contribution is -2.29. The van der Waals surface area contributed by atoms with Gasteiger partial charge >= 0.3 is 11.9 Å². The van der Waals surface area contributed by atoms with Crippen molar-refractivity contribution in [3.8, 4) is 0 Å². The first-order valence-electron chi connectivity index (χ1n) is 14.9. The van der Waals surface area contributed by atoms with Gasteiger partial charge in [0.05, 0.1) is 0 Å². The summed E-state index contributed by atoms with van der Waals surface area (Å²) in [6, 6.07) is 0. The van der Waals surface area contributed by atoms with Gasteiger partial charge in [-0.15, -0.1) is 0 Å². The standard InChI is InChI=1S/C29H56O8/c1-7-18-26(32-11-5)36-28(20-9-3)34-24(30)22-16-14-13-15-17-23-25(31)35-29(21-10-4)37-27(19-8-2)33-12-6/h26-29H,7-23H2,1-6H3. The van der Waals surface area contributed by atoms with E-state index in [2.05, 4.69) is 13.8 Å². The molecule has 37 heavy (non-hydrogen) atoms. The molecule has 0 aliphatic heterocycles. The molecule has 0 spiro atoms. The summed E-state index contributed by atoms with van der Waals surface area (Å²) in [4.78, 5) is 24.6. The number of unbranched alkanes of at least 4 members (excludes halogenated alkanes) is 4.